The van der Waals surface area contributed by atoms with E-state index in [4.69, 9.17) is 9.47 Å². The average molecular weight is 404 g/mol. The fourth-order valence-corrected chi connectivity index (χ4v) is 4.86. The Bertz CT molecular complexity index is 1030. The highest BCUT2D eigenvalue weighted by Crippen LogP contribution is 2.31. The molecule has 0 saturated carbocycles. The first-order valence-corrected chi connectivity index (χ1v) is 9.82. The molecular weight excluding hydrogens is 387 g/mol. The lowest BCUT2D eigenvalue weighted by molar-refractivity contribution is -0.144. The number of para-hydroxylation sites is 1. The minimum Gasteiger partial charge on any atom is -0.486 e. The number of carbonyl (C=O) groups is 1. The Balaban J connectivity index is 1.95. The molecule has 2 aromatic rings. The van der Waals surface area contributed by atoms with Gasteiger partial charge in [-0.25, -0.2) is 12.8 Å². The van der Waals surface area contributed by atoms with Crippen molar-refractivity contribution >= 4 is 16.0 Å². The number of nitriles is 1. The molecule has 1 aliphatic rings. The highest BCUT2D eigenvalue weighted by atomic mass is 32.2. The molecule has 2 atom stereocenters. The molecule has 0 spiro atoms. The molecule has 7 nitrogen and oxygen atoms in total. The van der Waals surface area contributed by atoms with Gasteiger partial charge in [0, 0.05) is 6.42 Å². The Morgan fingerprint density at radius 3 is 2.57 bits per heavy atom. The van der Waals surface area contributed by atoms with Gasteiger partial charge in [0.25, 0.3) is 0 Å². The number of carbonyl (C=O) groups excluding carboxylic acids is 1. The highest BCUT2D eigenvalue weighted by molar-refractivity contribution is 7.89. The van der Waals surface area contributed by atoms with Crippen molar-refractivity contribution in [1.29, 1.82) is 5.26 Å². The van der Waals surface area contributed by atoms with E-state index in [1.54, 1.807) is 12.1 Å². The molecular formula is C19H17FN2O5S. The van der Waals surface area contributed by atoms with Gasteiger partial charge in [-0.1, -0.05) is 24.3 Å². The van der Waals surface area contributed by atoms with E-state index >= 15 is 0 Å². The maximum atomic E-state index is 13.9. The van der Waals surface area contributed by atoms with Crippen LogP contribution in [0.3, 0.4) is 0 Å². The van der Waals surface area contributed by atoms with Crippen molar-refractivity contribution in [2.45, 2.75) is 23.5 Å². The zero-order valence-electron chi connectivity index (χ0n) is 14.9. The number of hydrogen-bond donors (Lipinski definition) is 0. The van der Waals surface area contributed by atoms with Crippen molar-refractivity contribution in [2.75, 3.05) is 13.7 Å². The molecule has 28 heavy (non-hydrogen) atoms. The summed E-state index contributed by atoms with van der Waals surface area (Å²) in [5.41, 5.74) is -0.0374. The minimum atomic E-state index is -4.18. The lowest BCUT2D eigenvalue weighted by Crippen LogP contribution is -2.41. The topological polar surface area (TPSA) is 96.7 Å². The van der Waals surface area contributed by atoms with Crippen molar-refractivity contribution in [2.24, 2.45) is 0 Å². The number of hydrogen-bond acceptors (Lipinski definition) is 6. The minimum absolute atomic E-state index is 0.00500. The van der Waals surface area contributed by atoms with Crippen LogP contribution in [0, 0.1) is 17.1 Å². The van der Waals surface area contributed by atoms with Gasteiger partial charge >= 0.3 is 5.97 Å². The van der Waals surface area contributed by atoms with Crippen LogP contribution >= 0.6 is 0 Å². The zero-order valence-corrected chi connectivity index (χ0v) is 15.7. The van der Waals surface area contributed by atoms with E-state index in [0.29, 0.717) is 0 Å². The molecule has 2 aromatic carbocycles. The number of ether oxygens (including phenoxy) is 2. The predicted molar refractivity (Wildman–Crippen MR) is 96.3 cm³/mol. The van der Waals surface area contributed by atoms with Crippen molar-refractivity contribution in [3.63, 3.8) is 0 Å². The van der Waals surface area contributed by atoms with E-state index in [1.165, 1.54) is 36.4 Å². The van der Waals surface area contributed by atoms with Crippen LogP contribution in [0.5, 0.6) is 5.75 Å². The van der Waals surface area contributed by atoms with Gasteiger partial charge in [0.15, 0.2) is 11.6 Å². The molecule has 3 rings (SSSR count). The molecule has 1 aliphatic heterocycles. The average Bonchev–Trinajstić information content (AvgIpc) is 3.14. The monoisotopic (exact) mass is 404 g/mol. The second kappa shape index (κ2) is 7.96. The molecule has 0 bridgehead atoms. The van der Waals surface area contributed by atoms with Gasteiger partial charge in [-0.15, -0.1) is 0 Å². The number of halogens is 1. The predicted octanol–water partition coefficient (Wildman–Crippen LogP) is 2.08. The summed E-state index contributed by atoms with van der Waals surface area (Å²) in [5.74, 6) is -1.38. The summed E-state index contributed by atoms with van der Waals surface area (Å²) >= 11 is 0. The van der Waals surface area contributed by atoms with Crippen LogP contribution in [0.15, 0.2) is 53.4 Å². The van der Waals surface area contributed by atoms with Crippen molar-refractivity contribution in [3.8, 4) is 11.8 Å². The first-order valence-electron chi connectivity index (χ1n) is 8.38. The van der Waals surface area contributed by atoms with Gasteiger partial charge in [-0.2, -0.15) is 9.57 Å². The van der Waals surface area contributed by atoms with Crippen LogP contribution in [0.25, 0.3) is 0 Å². The molecule has 2 unspecified atom stereocenters. The third-order valence-electron chi connectivity index (χ3n) is 4.42. The third-order valence-corrected chi connectivity index (χ3v) is 6.35. The fraction of sp³-hybridized carbons (Fsp3) is 0.263. The number of rotatable bonds is 5. The molecule has 0 aliphatic carbocycles. The molecule has 0 N–H and O–H groups in total. The van der Waals surface area contributed by atoms with Crippen LogP contribution in [0.1, 0.15) is 12.0 Å². The molecule has 1 saturated heterocycles. The first-order chi connectivity index (χ1) is 13.4. The Kier molecular flexibility index (Phi) is 5.63. The molecule has 0 amide bonds. The van der Waals surface area contributed by atoms with Crippen LogP contribution < -0.4 is 4.74 Å². The smallest absolute Gasteiger partial charge is 0.324 e. The van der Waals surface area contributed by atoms with Gasteiger partial charge in [-0.3, -0.25) is 4.79 Å². The van der Waals surface area contributed by atoms with Crippen LogP contribution in [0.4, 0.5) is 4.39 Å². The number of benzene rings is 2. The second-order valence-corrected chi connectivity index (χ2v) is 7.99. The fourth-order valence-electron chi connectivity index (χ4n) is 3.10. The normalized spacial score (nSPS) is 19.8. The molecule has 1 heterocycles. The Morgan fingerprint density at radius 2 is 1.89 bits per heavy atom. The van der Waals surface area contributed by atoms with Gasteiger partial charge < -0.3 is 9.47 Å². The van der Waals surface area contributed by atoms with Crippen LogP contribution in [0.2, 0.25) is 0 Å². The van der Waals surface area contributed by atoms with E-state index < -0.39 is 34.0 Å². The largest absolute Gasteiger partial charge is 0.486 e. The summed E-state index contributed by atoms with van der Waals surface area (Å²) in [6.07, 6.45) is -0.764. The first kappa shape index (κ1) is 19.8. The van der Waals surface area contributed by atoms with Crippen LogP contribution in [-0.4, -0.2) is 44.5 Å². The quantitative estimate of drug-likeness (QED) is 0.708. The Labute approximate surface area is 162 Å². The molecule has 0 aromatic heterocycles. The zero-order chi connectivity index (χ0) is 20.3. The number of methoxy groups -OCH3 is 1. The van der Waals surface area contributed by atoms with E-state index in [9.17, 15) is 22.9 Å². The van der Waals surface area contributed by atoms with Gasteiger partial charge in [0.2, 0.25) is 10.0 Å². The summed E-state index contributed by atoms with van der Waals surface area (Å²) in [7, 11) is -3.03. The van der Waals surface area contributed by atoms with E-state index in [1.807, 2.05) is 6.07 Å². The number of nitrogens with zero attached hydrogens (tertiary/aromatic N) is 2. The van der Waals surface area contributed by atoms with E-state index in [2.05, 4.69) is 0 Å². The SMILES string of the molecule is COC(=O)C1CC(Oc2ccccc2F)CN1S(=O)(=O)c1ccccc1C#N. The molecule has 9 heteroatoms. The summed E-state index contributed by atoms with van der Waals surface area (Å²) in [6, 6.07) is 12.1. The summed E-state index contributed by atoms with van der Waals surface area (Å²) in [6.45, 7) is -0.184. The lowest BCUT2D eigenvalue weighted by atomic mass is 10.2. The van der Waals surface area contributed by atoms with E-state index in [0.717, 1.165) is 11.4 Å². The van der Waals surface area contributed by atoms with Gasteiger partial charge in [0.1, 0.15) is 18.2 Å². The van der Waals surface area contributed by atoms with Crippen LogP contribution in [-0.2, 0) is 19.6 Å². The number of esters is 1. The van der Waals surface area contributed by atoms with Gasteiger partial charge in [0.05, 0.1) is 24.1 Å². The molecule has 0 radical (unpaired) electrons. The molecule has 1 fully saturated rings. The Hall–Kier alpha value is -2.96. The lowest BCUT2D eigenvalue weighted by Gasteiger charge is -2.22. The molecule has 146 valence electrons. The summed E-state index contributed by atoms with van der Waals surface area (Å²) in [4.78, 5) is 12.0. The third kappa shape index (κ3) is 3.69. The summed E-state index contributed by atoms with van der Waals surface area (Å²) < 4.78 is 51.4. The van der Waals surface area contributed by atoms with Crippen molar-refractivity contribution < 1.29 is 27.1 Å². The highest BCUT2D eigenvalue weighted by Gasteiger charge is 2.46. The van der Waals surface area contributed by atoms with Crippen molar-refractivity contribution in [1.82, 2.24) is 4.31 Å². The standard InChI is InChI=1S/C19H17FN2O5S/c1-26-19(23)16-10-14(27-17-8-4-3-7-15(17)20)12-22(16)28(24,25)18-9-5-2-6-13(18)11-21/h2-9,14,16H,10,12H2,1H3. The maximum Gasteiger partial charge on any atom is 0.324 e. The number of sulfonamides is 1. The van der Waals surface area contributed by atoms with Gasteiger partial charge in [-0.05, 0) is 24.3 Å². The Morgan fingerprint density at radius 1 is 1.21 bits per heavy atom. The maximum absolute atomic E-state index is 13.9. The summed E-state index contributed by atoms with van der Waals surface area (Å²) in [5, 5.41) is 9.23. The second-order valence-electron chi connectivity index (χ2n) is 6.13. The van der Waals surface area contributed by atoms with E-state index in [-0.39, 0.29) is 29.2 Å². The van der Waals surface area contributed by atoms with Crippen molar-refractivity contribution in [3.05, 3.63) is 59.9 Å².